The molecule has 1 N–H and O–H groups in total. The Balaban J connectivity index is 1.35. The first-order valence-corrected chi connectivity index (χ1v) is 14.0. The molecule has 9 heteroatoms. The molecule has 1 atom stereocenters. The fraction of sp³-hybridized carbons (Fsp3) is 0.417. The highest BCUT2D eigenvalue weighted by atomic mass is 32.2. The summed E-state index contributed by atoms with van der Waals surface area (Å²) >= 11 is 4.64. The van der Waals surface area contributed by atoms with Gasteiger partial charge in [0.1, 0.15) is 15.5 Å². The van der Waals surface area contributed by atoms with Crippen LogP contribution in [0.5, 0.6) is 0 Å². The minimum Gasteiger partial charge on any atom is -0.309 e. The number of thioether (sulfide) groups is 1. The smallest absolute Gasteiger partial charge is 0.263 e. The van der Waals surface area contributed by atoms with Gasteiger partial charge in [0.25, 0.3) is 11.1 Å². The molecule has 0 bridgehead atoms. The maximum Gasteiger partial charge on any atom is 0.263 e. The number of hydrogen-bond donors (Lipinski definition) is 1. The van der Waals surface area contributed by atoms with E-state index in [1.807, 2.05) is 0 Å². The van der Waals surface area contributed by atoms with E-state index in [-0.39, 0.29) is 11.1 Å². The van der Waals surface area contributed by atoms with Crippen LogP contribution >= 0.6 is 34.4 Å². The zero-order chi connectivity index (χ0) is 22.7. The van der Waals surface area contributed by atoms with E-state index >= 15 is 0 Å². The normalized spacial score (nSPS) is 18.2. The second-order valence-electron chi connectivity index (χ2n) is 9.08. The molecular formula is C24H24N4O2S3. The van der Waals surface area contributed by atoms with Gasteiger partial charge in [0.05, 0.1) is 16.5 Å². The minimum atomic E-state index is -0.0538. The maximum atomic E-state index is 13.3. The third kappa shape index (κ3) is 3.70. The number of hydrogen-bond acceptors (Lipinski definition) is 7. The Morgan fingerprint density at radius 1 is 1.24 bits per heavy atom. The summed E-state index contributed by atoms with van der Waals surface area (Å²) in [6.07, 6.45) is 7.13. The summed E-state index contributed by atoms with van der Waals surface area (Å²) in [4.78, 5) is 41.8. The molecular weight excluding hydrogens is 472 g/mol. The summed E-state index contributed by atoms with van der Waals surface area (Å²) in [6, 6.07) is 0. The zero-order valence-corrected chi connectivity index (χ0v) is 20.8. The van der Waals surface area contributed by atoms with Crippen LogP contribution in [0.4, 0.5) is 0 Å². The van der Waals surface area contributed by atoms with Crippen molar-refractivity contribution in [2.45, 2.75) is 62.4 Å². The Morgan fingerprint density at radius 3 is 2.88 bits per heavy atom. The fourth-order valence-electron chi connectivity index (χ4n) is 4.72. The SMILES string of the molecule is C=CCn1c(SCc2nc3sc4c(c3c(=O)[nH]2)CCC(C)C4)nc2scc(C3CC3)c2c1=O. The second kappa shape index (κ2) is 8.21. The van der Waals surface area contributed by atoms with E-state index in [2.05, 4.69) is 23.9 Å². The van der Waals surface area contributed by atoms with E-state index in [4.69, 9.17) is 9.97 Å². The molecule has 2 aliphatic rings. The number of allylic oxidation sites excluding steroid dienone is 1. The number of fused-ring (bicyclic) bond motifs is 4. The lowest BCUT2D eigenvalue weighted by atomic mass is 9.89. The molecule has 0 saturated heterocycles. The van der Waals surface area contributed by atoms with Gasteiger partial charge in [0.2, 0.25) is 0 Å². The van der Waals surface area contributed by atoms with Gasteiger partial charge in [-0.25, -0.2) is 9.97 Å². The van der Waals surface area contributed by atoms with Crippen LogP contribution in [-0.4, -0.2) is 19.5 Å². The maximum absolute atomic E-state index is 13.3. The predicted molar refractivity (Wildman–Crippen MR) is 137 cm³/mol. The number of aromatic amines is 1. The average Bonchev–Trinajstić information content (AvgIpc) is 3.43. The Kier molecular flexibility index (Phi) is 5.31. The molecule has 0 amide bonds. The summed E-state index contributed by atoms with van der Waals surface area (Å²) in [7, 11) is 0. The number of nitrogens with zero attached hydrogens (tertiary/aromatic N) is 3. The quantitative estimate of drug-likeness (QED) is 0.224. The Bertz CT molecular complexity index is 1520. The molecule has 170 valence electrons. The van der Waals surface area contributed by atoms with Crippen molar-refractivity contribution in [1.82, 2.24) is 19.5 Å². The minimum absolute atomic E-state index is 0.00232. The van der Waals surface area contributed by atoms with Gasteiger partial charge in [-0.3, -0.25) is 14.2 Å². The van der Waals surface area contributed by atoms with Gasteiger partial charge in [-0.1, -0.05) is 24.8 Å². The Hall–Kier alpha value is -2.23. The van der Waals surface area contributed by atoms with Crippen LogP contribution < -0.4 is 11.1 Å². The number of thiophene rings is 2. The van der Waals surface area contributed by atoms with Crippen LogP contribution in [0, 0.1) is 5.92 Å². The lowest BCUT2D eigenvalue weighted by Crippen LogP contribution is -2.23. The summed E-state index contributed by atoms with van der Waals surface area (Å²) in [5.74, 6) is 2.22. The van der Waals surface area contributed by atoms with E-state index in [0.717, 1.165) is 58.1 Å². The summed E-state index contributed by atoms with van der Waals surface area (Å²) < 4.78 is 1.69. The number of H-pyrrole nitrogens is 1. The van der Waals surface area contributed by atoms with E-state index < -0.39 is 0 Å². The molecule has 6 rings (SSSR count). The first-order chi connectivity index (χ1) is 16.0. The highest BCUT2D eigenvalue weighted by Crippen LogP contribution is 2.44. The van der Waals surface area contributed by atoms with Crippen LogP contribution in [-0.2, 0) is 25.1 Å². The predicted octanol–water partition coefficient (Wildman–Crippen LogP) is 5.24. The summed E-state index contributed by atoms with van der Waals surface area (Å²) in [6.45, 7) is 6.49. The second-order valence-corrected chi connectivity index (χ2v) is 12.0. The molecule has 0 aliphatic heterocycles. The van der Waals surface area contributed by atoms with Crippen molar-refractivity contribution in [2.75, 3.05) is 0 Å². The number of rotatable bonds is 6. The molecule has 0 radical (unpaired) electrons. The molecule has 1 fully saturated rings. The van der Waals surface area contributed by atoms with Crippen molar-refractivity contribution >= 4 is 54.9 Å². The largest absolute Gasteiger partial charge is 0.309 e. The van der Waals surface area contributed by atoms with Gasteiger partial charge in [0, 0.05) is 11.4 Å². The molecule has 1 saturated carbocycles. The topological polar surface area (TPSA) is 80.6 Å². The molecule has 6 nitrogen and oxygen atoms in total. The van der Waals surface area contributed by atoms with E-state index in [9.17, 15) is 9.59 Å². The highest BCUT2D eigenvalue weighted by molar-refractivity contribution is 7.98. The molecule has 4 heterocycles. The van der Waals surface area contributed by atoms with Crippen molar-refractivity contribution < 1.29 is 0 Å². The number of aromatic nitrogens is 4. The van der Waals surface area contributed by atoms with Gasteiger partial charge >= 0.3 is 0 Å². The van der Waals surface area contributed by atoms with Crippen molar-refractivity contribution in [3.63, 3.8) is 0 Å². The molecule has 33 heavy (non-hydrogen) atoms. The molecule has 4 aromatic heterocycles. The first-order valence-electron chi connectivity index (χ1n) is 11.3. The van der Waals surface area contributed by atoms with Crippen LogP contribution in [0.2, 0.25) is 0 Å². The van der Waals surface area contributed by atoms with Crippen LogP contribution in [0.3, 0.4) is 0 Å². The van der Waals surface area contributed by atoms with Crippen LogP contribution in [0.25, 0.3) is 20.4 Å². The summed E-state index contributed by atoms with van der Waals surface area (Å²) in [5, 5.41) is 4.26. The zero-order valence-electron chi connectivity index (χ0n) is 18.3. The lowest BCUT2D eigenvalue weighted by molar-refractivity contribution is 0.509. The molecule has 4 aromatic rings. The van der Waals surface area contributed by atoms with Crippen LogP contribution in [0.1, 0.15) is 53.9 Å². The molecule has 0 spiro atoms. The van der Waals surface area contributed by atoms with E-state index in [0.29, 0.717) is 35.1 Å². The van der Waals surface area contributed by atoms with Crippen molar-refractivity contribution in [2.24, 2.45) is 5.92 Å². The Labute approximate surface area is 202 Å². The first kappa shape index (κ1) is 21.3. The molecule has 1 unspecified atom stereocenters. The van der Waals surface area contributed by atoms with Gasteiger partial charge in [-0.2, -0.15) is 0 Å². The van der Waals surface area contributed by atoms with Gasteiger partial charge in [-0.05, 0) is 60.4 Å². The van der Waals surface area contributed by atoms with Gasteiger partial charge in [0.15, 0.2) is 5.16 Å². The number of nitrogens with one attached hydrogen (secondary N) is 1. The molecule has 0 aromatic carbocycles. The van der Waals surface area contributed by atoms with E-state index in [1.165, 1.54) is 22.2 Å². The van der Waals surface area contributed by atoms with Crippen molar-refractivity contribution in [3.05, 3.63) is 60.6 Å². The highest BCUT2D eigenvalue weighted by Gasteiger charge is 2.29. The standard InChI is InChI=1S/C24H24N4O2S3/c1-3-8-28-23(30)19-15(13-5-6-13)10-31-21(19)27-24(28)32-11-17-25-20(29)18-14-7-4-12(2)9-16(14)33-22(18)26-17/h3,10,12-13H,1,4-9,11H2,2H3,(H,25,26,29). The van der Waals surface area contributed by atoms with Gasteiger partial charge < -0.3 is 4.98 Å². The number of aryl methyl sites for hydroxylation is 1. The van der Waals surface area contributed by atoms with Crippen molar-refractivity contribution in [1.29, 1.82) is 0 Å². The third-order valence-corrected chi connectivity index (χ3v) is 9.59. The molecule has 2 aliphatic carbocycles. The fourth-order valence-corrected chi connectivity index (χ4v) is 8.06. The summed E-state index contributed by atoms with van der Waals surface area (Å²) in [5.41, 5.74) is 2.29. The van der Waals surface area contributed by atoms with E-state index in [1.54, 1.807) is 33.3 Å². The Morgan fingerprint density at radius 2 is 2.09 bits per heavy atom. The van der Waals surface area contributed by atoms with Crippen LogP contribution in [0.15, 0.2) is 32.8 Å². The monoisotopic (exact) mass is 496 g/mol. The van der Waals surface area contributed by atoms with Crippen molar-refractivity contribution in [3.8, 4) is 0 Å². The van der Waals surface area contributed by atoms with Gasteiger partial charge in [-0.15, -0.1) is 29.3 Å². The third-order valence-electron chi connectivity index (χ3n) is 6.57. The lowest BCUT2D eigenvalue weighted by Gasteiger charge is -2.17. The average molecular weight is 497 g/mol.